The molecule has 0 unspecified atom stereocenters. The van der Waals surface area contributed by atoms with Crippen LogP contribution in [0.1, 0.15) is 30.7 Å². The fourth-order valence-electron chi connectivity index (χ4n) is 3.50. The molecule has 10 heteroatoms. The van der Waals surface area contributed by atoms with Crippen LogP contribution in [0.15, 0.2) is 44.7 Å². The molecule has 1 aromatic carbocycles. The van der Waals surface area contributed by atoms with E-state index in [0.29, 0.717) is 5.13 Å². The van der Waals surface area contributed by atoms with E-state index in [2.05, 4.69) is 67.1 Å². The summed E-state index contributed by atoms with van der Waals surface area (Å²) in [4.78, 5) is 18.5. The number of aryl methyl sites for hydroxylation is 1. The summed E-state index contributed by atoms with van der Waals surface area (Å²) in [7, 11) is 0. The molecule has 0 spiro atoms. The van der Waals surface area contributed by atoms with Crippen molar-refractivity contribution in [3.8, 4) is 22.6 Å². The molecule has 4 aromatic rings. The van der Waals surface area contributed by atoms with E-state index in [1.165, 1.54) is 33.5 Å². The Kier molecular flexibility index (Phi) is 8.00. The van der Waals surface area contributed by atoms with E-state index in [0.717, 1.165) is 51.7 Å². The summed E-state index contributed by atoms with van der Waals surface area (Å²) in [6.07, 6.45) is 1.93. The normalized spacial score (nSPS) is 11.2. The molecular formula is C23H24BrN5OS3. The second-order valence-corrected chi connectivity index (χ2v) is 11.2. The van der Waals surface area contributed by atoms with Gasteiger partial charge in [-0.05, 0) is 37.5 Å². The number of thioether (sulfide) groups is 1. The van der Waals surface area contributed by atoms with Crippen LogP contribution in [0.2, 0.25) is 0 Å². The standard InChI is InChI=1S/C23H24BrN5OS3/c1-4-10-29-21(18-11-31-14(3)17(18)5-2)27-28-23(29)33-13-20(30)26-22-25-19(12-32-22)15-6-8-16(24)9-7-15/h6-9,11-12H,4-5,10,13H2,1-3H3,(H,25,26,30). The van der Waals surface area contributed by atoms with Gasteiger partial charge in [-0.15, -0.1) is 32.9 Å². The minimum absolute atomic E-state index is 0.107. The van der Waals surface area contributed by atoms with Crippen molar-refractivity contribution in [1.82, 2.24) is 19.7 Å². The van der Waals surface area contributed by atoms with E-state index in [-0.39, 0.29) is 11.7 Å². The Morgan fingerprint density at radius 2 is 1.94 bits per heavy atom. The lowest BCUT2D eigenvalue weighted by Gasteiger charge is -2.09. The van der Waals surface area contributed by atoms with Gasteiger partial charge < -0.3 is 9.88 Å². The molecule has 0 saturated carbocycles. The first-order valence-corrected chi connectivity index (χ1v) is 14.2. The molecule has 172 valence electrons. The Bertz CT molecular complexity index is 1250. The first kappa shape index (κ1) is 24.1. The van der Waals surface area contributed by atoms with E-state index in [1.54, 1.807) is 11.3 Å². The van der Waals surface area contributed by atoms with Crippen LogP contribution in [-0.4, -0.2) is 31.4 Å². The summed E-state index contributed by atoms with van der Waals surface area (Å²) >= 11 is 8.02. The molecule has 0 aliphatic heterocycles. The number of nitrogens with zero attached hydrogens (tertiary/aromatic N) is 4. The molecule has 0 aliphatic rings. The monoisotopic (exact) mass is 561 g/mol. The van der Waals surface area contributed by atoms with Gasteiger partial charge in [-0.25, -0.2) is 4.98 Å². The number of carbonyl (C=O) groups excluding carboxylic acids is 1. The average Bonchev–Trinajstić information content (AvgIpc) is 3.52. The van der Waals surface area contributed by atoms with Crippen LogP contribution < -0.4 is 5.32 Å². The number of rotatable bonds is 9. The molecule has 0 aliphatic carbocycles. The van der Waals surface area contributed by atoms with Gasteiger partial charge in [-0.3, -0.25) is 4.79 Å². The van der Waals surface area contributed by atoms with Crippen LogP contribution >= 0.6 is 50.4 Å². The maximum atomic E-state index is 12.6. The number of nitrogens with one attached hydrogen (secondary N) is 1. The average molecular weight is 563 g/mol. The lowest BCUT2D eigenvalue weighted by atomic mass is 10.1. The number of hydrogen-bond donors (Lipinski definition) is 1. The number of benzene rings is 1. The second kappa shape index (κ2) is 10.9. The summed E-state index contributed by atoms with van der Waals surface area (Å²) in [5.74, 6) is 1.03. The van der Waals surface area contributed by atoms with Crippen molar-refractivity contribution in [2.45, 2.75) is 45.3 Å². The van der Waals surface area contributed by atoms with Crippen molar-refractivity contribution in [1.29, 1.82) is 0 Å². The number of carbonyl (C=O) groups is 1. The maximum absolute atomic E-state index is 12.6. The van der Waals surface area contributed by atoms with Crippen LogP contribution in [-0.2, 0) is 17.8 Å². The molecule has 6 nitrogen and oxygen atoms in total. The van der Waals surface area contributed by atoms with Crippen LogP contribution in [0.3, 0.4) is 0 Å². The minimum Gasteiger partial charge on any atom is -0.302 e. The number of aromatic nitrogens is 4. The maximum Gasteiger partial charge on any atom is 0.236 e. The second-order valence-electron chi connectivity index (χ2n) is 7.38. The first-order valence-electron chi connectivity index (χ1n) is 10.6. The van der Waals surface area contributed by atoms with Crippen molar-refractivity contribution < 1.29 is 4.79 Å². The van der Waals surface area contributed by atoms with E-state index < -0.39 is 0 Å². The summed E-state index contributed by atoms with van der Waals surface area (Å²) in [6.45, 7) is 7.26. The lowest BCUT2D eigenvalue weighted by Crippen LogP contribution is -2.14. The Morgan fingerprint density at radius 1 is 1.15 bits per heavy atom. The SMILES string of the molecule is CCCn1c(SCC(=O)Nc2nc(-c3ccc(Br)cc3)cs2)nnc1-c1csc(C)c1CC. The molecule has 33 heavy (non-hydrogen) atoms. The molecule has 3 heterocycles. The zero-order valence-electron chi connectivity index (χ0n) is 18.6. The fourth-order valence-corrected chi connectivity index (χ4v) is 6.20. The van der Waals surface area contributed by atoms with Gasteiger partial charge in [0.1, 0.15) is 0 Å². The Labute approximate surface area is 214 Å². The van der Waals surface area contributed by atoms with Crippen molar-refractivity contribution in [3.63, 3.8) is 0 Å². The highest BCUT2D eigenvalue weighted by Crippen LogP contribution is 2.33. The number of thiazole rings is 1. The van der Waals surface area contributed by atoms with E-state index in [4.69, 9.17) is 0 Å². The number of amides is 1. The molecule has 1 amide bonds. The first-order chi connectivity index (χ1) is 16.0. The van der Waals surface area contributed by atoms with Gasteiger partial charge in [0.15, 0.2) is 16.1 Å². The topological polar surface area (TPSA) is 72.7 Å². The van der Waals surface area contributed by atoms with E-state index >= 15 is 0 Å². The van der Waals surface area contributed by atoms with Crippen molar-refractivity contribution in [2.24, 2.45) is 0 Å². The largest absolute Gasteiger partial charge is 0.302 e. The third kappa shape index (κ3) is 5.56. The molecule has 0 saturated heterocycles. The molecule has 0 bridgehead atoms. The quantitative estimate of drug-likeness (QED) is 0.225. The predicted octanol–water partition coefficient (Wildman–Crippen LogP) is 6.90. The number of halogens is 1. The van der Waals surface area contributed by atoms with Crippen molar-refractivity contribution in [2.75, 3.05) is 11.1 Å². The van der Waals surface area contributed by atoms with Gasteiger partial charge in [-0.2, -0.15) is 0 Å². The Balaban J connectivity index is 1.43. The van der Waals surface area contributed by atoms with Gasteiger partial charge in [0, 0.05) is 37.8 Å². The van der Waals surface area contributed by atoms with Gasteiger partial charge >= 0.3 is 0 Å². The predicted molar refractivity (Wildman–Crippen MR) is 142 cm³/mol. The minimum atomic E-state index is -0.107. The zero-order chi connectivity index (χ0) is 23.4. The molecule has 4 rings (SSSR count). The lowest BCUT2D eigenvalue weighted by molar-refractivity contribution is -0.113. The summed E-state index contributed by atoms with van der Waals surface area (Å²) < 4.78 is 3.15. The molecule has 0 radical (unpaired) electrons. The molecular weight excluding hydrogens is 538 g/mol. The van der Waals surface area contributed by atoms with Crippen LogP contribution in [0.4, 0.5) is 5.13 Å². The number of thiophene rings is 1. The highest BCUT2D eigenvalue weighted by Gasteiger charge is 2.19. The summed E-state index contributed by atoms with van der Waals surface area (Å²) in [6, 6.07) is 7.95. The van der Waals surface area contributed by atoms with Gasteiger partial charge in [0.25, 0.3) is 0 Å². The smallest absolute Gasteiger partial charge is 0.236 e. The highest BCUT2D eigenvalue weighted by atomic mass is 79.9. The highest BCUT2D eigenvalue weighted by molar-refractivity contribution is 9.10. The van der Waals surface area contributed by atoms with Crippen molar-refractivity contribution in [3.05, 3.63) is 49.9 Å². The van der Waals surface area contributed by atoms with Crippen molar-refractivity contribution >= 4 is 61.4 Å². The molecule has 0 fully saturated rings. The Hall–Kier alpha value is -2.01. The van der Waals surface area contributed by atoms with E-state index in [9.17, 15) is 4.79 Å². The summed E-state index contributed by atoms with van der Waals surface area (Å²) in [5, 5.41) is 17.3. The number of hydrogen-bond acceptors (Lipinski definition) is 7. The Morgan fingerprint density at radius 3 is 2.67 bits per heavy atom. The molecule has 1 N–H and O–H groups in total. The van der Waals surface area contributed by atoms with Gasteiger partial charge in [0.2, 0.25) is 5.91 Å². The zero-order valence-corrected chi connectivity index (χ0v) is 22.6. The summed E-state index contributed by atoms with van der Waals surface area (Å²) in [5.41, 5.74) is 4.34. The fraction of sp³-hybridized carbons (Fsp3) is 0.304. The van der Waals surface area contributed by atoms with Gasteiger partial charge in [0.05, 0.1) is 11.4 Å². The van der Waals surface area contributed by atoms with E-state index in [1.807, 2.05) is 29.6 Å². The third-order valence-electron chi connectivity index (χ3n) is 5.09. The van der Waals surface area contributed by atoms with Crippen LogP contribution in [0.5, 0.6) is 0 Å². The molecule has 3 aromatic heterocycles. The van der Waals surface area contributed by atoms with Gasteiger partial charge in [-0.1, -0.05) is 53.7 Å². The third-order valence-corrected chi connectivity index (χ3v) is 8.29. The van der Waals surface area contributed by atoms with Crippen LogP contribution in [0, 0.1) is 6.92 Å². The number of anilines is 1. The molecule has 0 atom stereocenters. The van der Waals surface area contributed by atoms with Crippen LogP contribution in [0.25, 0.3) is 22.6 Å².